The molecule has 2 aliphatic rings. The Morgan fingerprint density at radius 1 is 1.00 bits per heavy atom. The van der Waals surface area contributed by atoms with Crippen LogP contribution in [0, 0.1) is 5.92 Å². The van der Waals surface area contributed by atoms with Gasteiger partial charge in [-0.25, -0.2) is 0 Å². The lowest BCUT2D eigenvalue weighted by atomic mass is 10.1. The maximum absolute atomic E-state index is 5.92. The van der Waals surface area contributed by atoms with Crippen LogP contribution in [0.1, 0.15) is 24.0 Å². The minimum absolute atomic E-state index is 0.650. The molecule has 0 amide bonds. The van der Waals surface area contributed by atoms with Crippen molar-refractivity contribution in [2.24, 2.45) is 5.92 Å². The smallest absolute Gasteiger partial charge is 0.119 e. The van der Waals surface area contributed by atoms with Crippen molar-refractivity contribution < 1.29 is 4.74 Å². The van der Waals surface area contributed by atoms with Gasteiger partial charge in [0.1, 0.15) is 12.4 Å². The Balaban J connectivity index is 1.25. The molecule has 1 saturated carbocycles. The molecule has 0 spiro atoms. The van der Waals surface area contributed by atoms with Crippen LogP contribution in [-0.2, 0) is 6.42 Å². The van der Waals surface area contributed by atoms with Crippen LogP contribution in [-0.4, -0.2) is 35.6 Å². The lowest BCUT2D eigenvalue weighted by molar-refractivity contribution is 0.292. The van der Waals surface area contributed by atoms with E-state index in [-0.39, 0.29) is 0 Å². The summed E-state index contributed by atoms with van der Waals surface area (Å²) in [5.41, 5.74) is 2.60. The molecule has 1 aliphatic carbocycles. The van der Waals surface area contributed by atoms with Crippen LogP contribution in [0.3, 0.4) is 0 Å². The van der Waals surface area contributed by atoms with Gasteiger partial charge in [0.2, 0.25) is 0 Å². The second-order valence-corrected chi connectivity index (χ2v) is 6.54. The molecule has 114 valence electrons. The number of rotatable bonds is 7. The summed E-state index contributed by atoms with van der Waals surface area (Å²) in [4.78, 5) is 6.59. The van der Waals surface area contributed by atoms with E-state index in [0.717, 1.165) is 24.7 Å². The van der Waals surface area contributed by atoms with Crippen molar-refractivity contribution in [3.8, 4) is 5.75 Å². The second kappa shape index (κ2) is 6.09. The Morgan fingerprint density at radius 2 is 1.73 bits per heavy atom. The third-order valence-corrected chi connectivity index (χ3v) is 4.54. The van der Waals surface area contributed by atoms with Crippen LogP contribution in [0.15, 0.2) is 48.8 Å². The van der Waals surface area contributed by atoms with Crippen LogP contribution in [0.25, 0.3) is 0 Å². The molecule has 2 aromatic rings. The van der Waals surface area contributed by atoms with E-state index < -0.39 is 0 Å². The maximum Gasteiger partial charge on any atom is 0.119 e. The van der Waals surface area contributed by atoms with Gasteiger partial charge < -0.3 is 4.74 Å². The van der Waals surface area contributed by atoms with Crippen molar-refractivity contribution in [3.05, 3.63) is 59.9 Å². The number of benzene rings is 1. The first-order valence-corrected chi connectivity index (χ1v) is 8.21. The van der Waals surface area contributed by atoms with Crippen LogP contribution < -0.4 is 4.74 Å². The Labute approximate surface area is 131 Å². The van der Waals surface area contributed by atoms with Crippen LogP contribution in [0.4, 0.5) is 0 Å². The Hall–Kier alpha value is -1.87. The van der Waals surface area contributed by atoms with Crippen molar-refractivity contribution in [3.63, 3.8) is 0 Å². The van der Waals surface area contributed by atoms with Gasteiger partial charge >= 0.3 is 0 Å². The second-order valence-electron chi connectivity index (χ2n) is 6.54. The van der Waals surface area contributed by atoms with E-state index in [4.69, 9.17) is 4.74 Å². The van der Waals surface area contributed by atoms with E-state index in [2.05, 4.69) is 46.3 Å². The minimum Gasteiger partial charge on any atom is -0.492 e. The molecule has 3 heteroatoms. The molecule has 0 radical (unpaired) electrons. The normalized spacial score (nSPS) is 23.3. The molecule has 2 unspecified atom stereocenters. The molecule has 1 aliphatic heterocycles. The molecule has 3 nitrogen and oxygen atoms in total. The van der Waals surface area contributed by atoms with Crippen molar-refractivity contribution in [1.29, 1.82) is 0 Å². The summed E-state index contributed by atoms with van der Waals surface area (Å²) in [7, 11) is 0. The fourth-order valence-corrected chi connectivity index (χ4v) is 2.87. The first-order chi connectivity index (χ1) is 10.9. The van der Waals surface area contributed by atoms with Gasteiger partial charge in [-0.2, -0.15) is 0 Å². The molecular weight excluding hydrogens is 272 g/mol. The molecule has 0 N–H and O–H groups in total. The van der Waals surface area contributed by atoms with E-state index in [1.165, 1.54) is 37.1 Å². The molecule has 1 aromatic carbocycles. The highest BCUT2D eigenvalue weighted by molar-refractivity contribution is 5.31. The van der Waals surface area contributed by atoms with Crippen LogP contribution >= 0.6 is 0 Å². The summed E-state index contributed by atoms with van der Waals surface area (Å²) in [6, 6.07) is 13.3. The van der Waals surface area contributed by atoms with Gasteiger partial charge in [0.25, 0.3) is 0 Å². The molecule has 22 heavy (non-hydrogen) atoms. The first kappa shape index (κ1) is 13.8. The summed E-state index contributed by atoms with van der Waals surface area (Å²) in [6.07, 6.45) is 7.50. The molecule has 0 bridgehead atoms. The zero-order chi connectivity index (χ0) is 14.8. The summed E-state index contributed by atoms with van der Waals surface area (Å²) >= 11 is 0. The number of aromatic nitrogens is 1. The quantitative estimate of drug-likeness (QED) is 0.734. The number of ether oxygens (including phenoxy) is 1. The van der Waals surface area contributed by atoms with Crippen LogP contribution in [0.5, 0.6) is 5.75 Å². The summed E-state index contributed by atoms with van der Waals surface area (Å²) in [6.45, 7) is 3.34. The van der Waals surface area contributed by atoms with E-state index in [1.807, 2.05) is 12.4 Å². The molecule has 4 rings (SSSR count). The average Bonchev–Trinajstić information content (AvgIpc) is 3.47. The van der Waals surface area contributed by atoms with E-state index >= 15 is 0 Å². The SMILES string of the molecule is c1cc(Cc2ccc(OCC3CN3CC3CC3)cc2)ccn1. The number of nitrogens with zero attached hydrogens (tertiary/aromatic N) is 2. The predicted molar refractivity (Wildman–Crippen MR) is 87.1 cm³/mol. The van der Waals surface area contributed by atoms with Crippen molar-refractivity contribution in [2.75, 3.05) is 19.7 Å². The molecule has 1 aromatic heterocycles. The molecular formula is C19H22N2O. The van der Waals surface area contributed by atoms with E-state index in [9.17, 15) is 0 Å². The fourth-order valence-electron chi connectivity index (χ4n) is 2.87. The van der Waals surface area contributed by atoms with E-state index in [0.29, 0.717) is 6.04 Å². The van der Waals surface area contributed by atoms with Gasteiger partial charge in [-0.3, -0.25) is 9.88 Å². The molecule has 2 fully saturated rings. The van der Waals surface area contributed by atoms with Crippen molar-refractivity contribution in [2.45, 2.75) is 25.3 Å². The molecule has 2 atom stereocenters. The van der Waals surface area contributed by atoms with E-state index in [1.54, 1.807) is 0 Å². The number of pyridine rings is 1. The lowest BCUT2D eigenvalue weighted by Crippen LogP contribution is -2.12. The monoisotopic (exact) mass is 294 g/mol. The van der Waals surface area contributed by atoms with Crippen LogP contribution in [0.2, 0.25) is 0 Å². The third kappa shape index (κ3) is 3.66. The highest BCUT2D eigenvalue weighted by atomic mass is 16.5. The van der Waals surface area contributed by atoms with Crippen molar-refractivity contribution in [1.82, 2.24) is 9.88 Å². The summed E-state index contributed by atoms with van der Waals surface area (Å²) in [5, 5.41) is 0. The highest BCUT2D eigenvalue weighted by Crippen LogP contribution is 2.33. The molecule has 2 heterocycles. The number of hydrogen-bond acceptors (Lipinski definition) is 3. The standard InChI is InChI=1S/C19H22N2O/c1-2-17(1)12-21-13-18(21)14-22-19-5-3-15(4-6-19)11-16-7-9-20-10-8-16/h3-10,17-18H,1-2,11-14H2. The van der Waals surface area contributed by atoms with Gasteiger partial charge in [-0.15, -0.1) is 0 Å². The minimum atomic E-state index is 0.650. The van der Waals surface area contributed by atoms with Gasteiger partial charge in [-0.05, 0) is 60.6 Å². The predicted octanol–water partition coefficient (Wildman–Crippen LogP) is 3.15. The zero-order valence-electron chi connectivity index (χ0n) is 12.8. The Kier molecular flexibility index (Phi) is 3.81. The fraction of sp³-hybridized carbons (Fsp3) is 0.421. The summed E-state index contributed by atoms with van der Waals surface area (Å²) < 4.78 is 5.92. The van der Waals surface area contributed by atoms with Crippen molar-refractivity contribution >= 4 is 0 Å². The maximum atomic E-state index is 5.92. The Morgan fingerprint density at radius 3 is 2.45 bits per heavy atom. The highest BCUT2D eigenvalue weighted by Gasteiger charge is 2.38. The van der Waals surface area contributed by atoms with Gasteiger partial charge in [0.15, 0.2) is 0 Å². The van der Waals surface area contributed by atoms with Gasteiger partial charge in [0.05, 0.1) is 6.04 Å². The average molecular weight is 294 g/mol. The number of hydrogen-bond donors (Lipinski definition) is 0. The first-order valence-electron chi connectivity index (χ1n) is 8.21. The largest absolute Gasteiger partial charge is 0.492 e. The topological polar surface area (TPSA) is 25.1 Å². The Bertz CT molecular complexity index is 607. The molecule has 1 saturated heterocycles. The third-order valence-electron chi connectivity index (χ3n) is 4.54. The summed E-state index contributed by atoms with van der Waals surface area (Å²) in [5.74, 6) is 1.97. The van der Waals surface area contributed by atoms with Gasteiger partial charge in [-0.1, -0.05) is 12.1 Å². The van der Waals surface area contributed by atoms with Gasteiger partial charge in [0, 0.05) is 25.5 Å². The lowest BCUT2D eigenvalue weighted by Gasteiger charge is -2.08. The zero-order valence-corrected chi connectivity index (χ0v) is 12.8.